The molecule has 0 radical (unpaired) electrons. The molecule has 0 fully saturated rings. The van der Waals surface area contributed by atoms with Gasteiger partial charge in [0, 0.05) is 28.3 Å². The van der Waals surface area contributed by atoms with Gasteiger partial charge in [0.15, 0.2) is 11.6 Å². The second kappa shape index (κ2) is 14.2. The normalized spacial score (nSPS) is 17.2. The lowest BCUT2D eigenvalue weighted by atomic mass is 9.71. The fourth-order valence-corrected chi connectivity index (χ4v) is 4.60. The van der Waals surface area contributed by atoms with Crippen molar-refractivity contribution in [1.82, 2.24) is 5.32 Å². The van der Waals surface area contributed by atoms with E-state index in [1.807, 2.05) is 27.7 Å². The molecule has 2 rings (SSSR count). The number of phenols is 1. The van der Waals surface area contributed by atoms with Gasteiger partial charge in [-0.2, -0.15) is 0 Å². The first-order valence-electron chi connectivity index (χ1n) is 11.9. The van der Waals surface area contributed by atoms with Crippen LogP contribution in [0.5, 0.6) is 5.75 Å². The minimum absolute atomic E-state index is 0. The number of hydrogen-bond donors (Lipinski definition) is 6. The summed E-state index contributed by atoms with van der Waals surface area (Å²) in [4.78, 5) is 46.3. The maximum atomic E-state index is 12.6. The summed E-state index contributed by atoms with van der Waals surface area (Å²) in [5, 5.41) is 42.6. The van der Waals surface area contributed by atoms with E-state index in [0.29, 0.717) is 12.0 Å². The van der Waals surface area contributed by atoms with Crippen LogP contribution in [0.3, 0.4) is 0 Å². The molecule has 0 spiro atoms. The molecule has 11 heteroatoms. The van der Waals surface area contributed by atoms with Gasteiger partial charge in [0.2, 0.25) is 11.8 Å². The number of hydrogen-bond acceptors (Lipinski definition) is 8. The lowest BCUT2D eigenvalue weighted by molar-refractivity contribution is -0.153. The van der Waals surface area contributed by atoms with E-state index in [1.165, 1.54) is 13.0 Å². The number of amides is 2. The Morgan fingerprint density at radius 2 is 1.78 bits per heavy atom. The molecule has 3 atom stereocenters. The van der Waals surface area contributed by atoms with Gasteiger partial charge in [-0.05, 0) is 76.0 Å². The van der Waals surface area contributed by atoms with Gasteiger partial charge < -0.3 is 37.0 Å². The highest BCUT2D eigenvalue weighted by Gasteiger charge is 2.44. The standard InChI is InChI=1S/C20H27NO7.C6H13NO.H2O.2H2/c1-11-2-3-15(24)19-14(11)7-12(8-16(19)25)6-13(4-5-22)20(28,10-23)17(26)9-18(21)27;1-5(8)7-6(2,3)4;;;/h2-3,12-13,22-24,28H,4-10H2,1H3,(H2,21,27);1-4H3,(H,7,8);1H2;2*1H/t12?,13?,20-;;;;/m1..../s1. The van der Waals surface area contributed by atoms with Gasteiger partial charge in [-0.3, -0.25) is 19.2 Å². The molecular weight excluding hydrogens is 484 g/mol. The maximum Gasteiger partial charge on any atom is 0.224 e. The molecule has 9 N–H and O–H groups in total. The summed E-state index contributed by atoms with van der Waals surface area (Å²) in [5.41, 5.74) is 4.61. The zero-order valence-corrected chi connectivity index (χ0v) is 22.3. The Labute approximate surface area is 220 Å². The number of aromatic hydroxyl groups is 1. The molecule has 1 aromatic rings. The number of aryl methyl sites for hydroxylation is 1. The van der Waals surface area contributed by atoms with Crippen molar-refractivity contribution in [2.24, 2.45) is 17.6 Å². The van der Waals surface area contributed by atoms with E-state index < -0.39 is 36.2 Å². The molecule has 0 bridgehead atoms. The van der Waals surface area contributed by atoms with Crippen LogP contribution < -0.4 is 11.1 Å². The molecule has 11 nitrogen and oxygen atoms in total. The molecule has 214 valence electrons. The number of rotatable bonds is 9. The topological polar surface area (TPSA) is 219 Å². The Morgan fingerprint density at radius 1 is 1.19 bits per heavy atom. The Kier molecular flexibility index (Phi) is 13.1. The smallest absolute Gasteiger partial charge is 0.224 e. The maximum absolute atomic E-state index is 12.6. The van der Waals surface area contributed by atoms with Crippen LogP contribution in [0.4, 0.5) is 0 Å². The molecule has 0 saturated heterocycles. The van der Waals surface area contributed by atoms with Crippen LogP contribution in [-0.2, 0) is 20.8 Å². The van der Waals surface area contributed by atoms with Crippen molar-refractivity contribution >= 4 is 23.4 Å². The van der Waals surface area contributed by atoms with Gasteiger partial charge in [0.1, 0.15) is 11.4 Å². The monoisotopic (exact) mass is 530 g/mol. The number of aliphatic hydroxyl groups excluding tert-OH is 2. The van der Waals surface area contributed by atoms with Crippen molar-refractivity contribution in [3.63, 3.8) is 0 Å². The number of Topliss-reactive ketones (excluding diaryl/α,β-unsaturated/α-hetero) is 2. The Balaban J connectivity index is -0.00000103. The van der Waals surface area contributed by atoms with E-state index in [1.54, 1.807) is 6.07 Å². The minimum atomic E-state index is -2.23. The summed E-state index contributed by atoms with van der Waals surface area (Å²) in [5.74, 6) is -3.21. The third kappa shape index (κ3) is 9.84. The van der Waals surface area contributed by atoms with E-state index in [-0.39, 0.29) is 63.1 Å². The number of benzene rings is 1. The third-order valence-corrected chi connectivity index (χ3v) is 6.15. The van der Waals surface area contributed by atoms with Crippen LogP contribution in [0, 0.1) is 18.8 Å². The van der Waals surface area contributed by atoms with Gasteiger partial charge in [0.05, 0.1) is 18.6 Å². The van der Waals surface area contributed by atoms with Gasteiger partial charge in [-0.25, -0.2) is 0 Å². The number of aliphatic hydroxyl groups is 3. The van der Waals surface area contributed by atoms with Crippen molar-refractivity contribution < 1.29 is 47.9 Å². The number of nitrogens with two attached hydrogens (primary N) is 1. The van der Waals surface area contributed by atoms with Gasteiger partial charge >= 0.3 is 0 Å². The highest BCUT2D eigenvalue weighted by atomic mass is 16.3. The number of phenolic OH excluding ortho intramolecular Hbond substituents is 1. The number of nitrogens with one attached hydrogen (secondary N) is 1. The highest BCUT2D eigenvalue weighted by Crippen LogP contribution is 2.38. The number of carbonyl (C=O) groups excluding carboxylic acids is 4. The summed E-state index contributed by atoms with van der Waals surface area (Å²) in [6.45, 7) is 7.96. The Hall–Kier alpha value is -2.86. The van der Waals surface area contributed by atoms with Crippen LogP contribution in [0.15, 0.2) is 12.1 Å². The van der Waals surface area contributed by atoms with Crippen LogP contribution >= 0.6 is 0 Å². The van der Waals surface area contributed by atoms with Crippen molar-refractivity contribution in [2.45, 2.75) is 77.9 Å². The SMILES string of the molecule is CC(=O)NC(C)(C)C.Cc1ccc(O)c2c1CC(CC(CCO)[C@](O)(CO)C(=O)CC(N)=O)CC2=O.O.[HH].[HH]. The molecule has 0 aromatic heterocycles. The molecule has 0 aliphatic heterocycles. The second-order valence-electron chi connectivity index (χ2n) is 10.5. The fourth-order valence-electron chi connectivity index (χ4n) is 4.60. The molecule has 37 heavy (non-hydrogen) atoms. The lowest BCUT2D eigenvalue weighted by Gasteiger charge is -2.36. The van der Waals surface area contributed by atoms with E-state index in [9.17, 15) is 39.6 Å². The highest BCUT2D eigenvalue weighted by molar-refractivity contribution is 6.02. The first kappa shape index (κ1) is 34.1. The van der Waals surface area contributed by atoms with Crippen LogP contribution in [0.1, 0.15) is 77.7 Å². The van der Waals surface area contributed by atoms with Crippen molar-refractivity contribution in [2.75, 3.05) is 13.2 Å². The Morgan fingerprint density at radius 3 is 2.22 bits per heavy atom. The van der Waals surface area contributed by atoms with E-state index >= 15 is 0 Å². The molecule has 2 unspecified atom stereocenters. The van der Waals surface area contributed by atoms with Crippen LogP contribution in [0.2, 0.25) is 0 Å². The lowest BCUT2D eigenvalue weighted by Crippen LogP contribution is -2.51. The van der Waals surface area contributed by atoms with E-state index in [0.717, 1.165) is 11.1 Å². The van der Waals surface area contributed by atoms with E-state index in [4.69, 9.17) is 5.73 Å². The Bertz CT molecular complexity index is 983. The number of fused-ring (bicyclic) bond motifs is 1. The average Bonchev–Trinajstić information content (AvgIpc) is 2.73. The van der Waals surface area contributed by atoms with Crippen LogP contribution in [0.25, 0.3) is 0 Å². The van der Waals surface area contributed by atoms with E-state index in [2.05, 4.69) is 5.32 Å². The predicted molar refractivity (Wildman–Crippen MR) is 141 cm³/mol. The molecule has 1 aliphatic rings. The first-order valence-corrected chi connectivity index (χ1v) is 11.9. The predicted octanol–water partition coefficient (Wildman–Crippen LogP) is 0.591. The molecule has 1 aliphatic carbocycles. The summed E-state index contributed by atoms with van der Waals surface area (Å²) < 4.78 is 0. The zero-order chi connectivity index (χ0) is 27.8. The van der Waals surface area contributed by atoms with Gasteiger partial charge in [-0.15, -0.1) is 0 Å². The summed E-state index contributed by atoms with van der Waals surface area (Å²) in [6, 6.07) is 3.20. The van der Waals surface area contributed by atoms with Crippen molar-refractivity contribution in [3.8, 4) is 5.75 Å². The number of ketones is 2. The molecule has 0 heterocycles. The average molecular weight is 531 g/mol. The largest absolute Gasteiger partial charge is 0.507 e. The molecule has 2 amide bonds. The third-order valence-electron chi connectivity index (χ3n) is 6.15. The van der Waals surface area contributed by atoms with Crippen molar-refractivity contribution in [1.29, 1.82) is 0 Å². The number of carbonyl (C=O) groups is 4. The quantitative estimate of drug-likeness (QED) is 0.247. The molecule has 1 aromatic carbocycles. The summed E-state index contributed by atoms with van der Waals surface area (Å²) in [6.07, 6.45) is 0.0329. The second-order valence-corrected chi connectivity index (χ2v) is 10.5. The minimum Gasteiger partial charge on any atom is -0.507 e. The summed E-state index contributed by atoms with van der Waals surface area (Å²) in [7, 11) is 0. The number of primary amides is 1. The first-order chi connectivity index (χ1) is 16.5. The summed E-state index contributed by atoms with van der Waals surface area (Å²) >= 11 is 0. The van der Waals surface area contributed by atoms with Gasteiger partial charge in [-0.1, -0.05) is 6.07 Å². The molecule has 0 saturated carbocycles. The van der Waals surface area contributed by atoms with Gasteiger partial charge in [0.25, 0.3) is 0 Å². The van der Waals surface area contributed by atoms with Crippen molar-refractivity contribution in [3.05, 3.63) is 28.8 Å². The fraction of sp³-hybridized carbons (Fsp3) is 0.615. The zero-order valence-electron chi connectivity index (χ0n) is 22.3. The molecular formula is C26H46N2O9. The van der Waals surface area contributed by atoms with Crippen LogP contribution in [-0.4, -0.2) is 73.6 Å².